The van der Waals surface area contributed by atoms with E-state index in [1.54, 1.807) is 7.05 Å². The zero-order chi connectivity index (χ0) is 19.7. The minimum absolute atomic E-state index is 0.0460. The first kappa shape index (κ1) is 21.5. The summed E-state index contributed by atoms with van der Waals surface area (Å²) in [6.07, 6.45) is 3.74. The first-order valence-electron chi connectivity index (χ1n) is 9.46. The maximum absolute atomic E-state index is 11.1. The second-order valence-corrected chi connectivity index (χ2v) is 9.16. The Hall–Kier alpha value is -1.80. The Bertz CT molecular complexity index is 715. The fourth-order valence-electron chi connectivity index (χ4n) is 3.00. The van der Waals surface area contributed by atoms with Gasteiger partial charge in [0.1, 0.15) is 9.84 Å². The Morgan fingerprint density at radius 3 is 2.70 bits per heavy atom. The van der Waals surface area contributed by atoms with Gasteiger partial charge in [0.2, 0.25) is 0 Å². The number of rotatable bonds is 9. The SMILES string of the molecule is CN=C(NCCOCCS(C)(=O)=O)NC(C)c1cccc(N2CCCC2)c1. The molecule has 1 heterocycles. The molecule has 8 heteroatoms. The van der Waals surface area contributed by atoms with Gasteiger partial charge in [0.15, 0.2) is 5.96 Å². The van der Waals surface area contributed by atoms with Crippen LogP contribution in [0.1, 0.15) is 31.4 Å². The van der Waals surface area contributed by atoms with Gasteiger partial charge in [-0.15, -0.1) is 0 Å². The van der Waals surface area contributed by atoms with Crippen molar-refractivity contribution in [3.8, 4) is 0 Å². The molecular weight excluding hydrogens is 364 g/mol. The molecule has 0 bridgehead atoms. The molecule has 0 aromatic heterocycles. The van der Waals surface area contributed by atoms with Gasteiger partial charge < -0.3 is 20.3 Å². The molecule has 1 aromatic carbocycles. The van der Waals surface area contributed by atoms with Crippen LogP contribution < -0.4 is 15.5 Å². The molecule has 1 aliphatic heterocycles. The van der Waals surface area contributed by atoms with E-state index in [-0.39, 0.29) is 18.4 Å². The van der Waals surface area contributed by atoms with Crippen LogP contribution in [-0.4, -0.2) is 66.3 Å². The Morgan fingerprint density at radius 1 is 1.30 bits per heavy atom. The lowest BCUT2D eigenvalue weighted by Gasteiger charge is -2.22. The smallest absolute Gasteiger partial charge is 0.191 e. The number of hydrogen-bond acceptors (Lipinski definition) is 5. The number of hydrogen-bond donors (Lipinski definition) is 2. The van der Waals surface area contributed by atoms with Gasteiger partial charge in [-0.3, -0.25) is 4.99 Å². The molecule has 0 saturated carbocycles. The van der Waals surface area contributed by atoms with Crippen molar-refractivity contribution in [3.05, 3.63) is 29.8 Å². The molecule has 0 radical (unpaired) electrons. The van der Waals surface area contributed by atoms with E-state index in [1.807, 2.05) is 0 Å². The van der Waals surface area contributed by atoms with E-state index in [0.717, 1.165) is 13.1 Å². The predicted octanol–water partition coefficient (Wildman–Crippen LogP) is 1.57. The Labute approximate surface area is 163 Å². The van der Waals surface area contributed by atoms with Gasteiger partial charge >= 0.3 is 0 Å². The van der Waals surface area contributed by atoms with Gasteiger partial charge in [0.25, 0.3) is 0 Å². The van der Waals surface area contributed by atoms with Gasteiger partial charge in [-0.1, -0.05) is 12.1 Å². The van der Waals surface area contributed by atoms with Crippen LogP contribution in [0.2, 0.25) is 0 Å². The maximum atomic E-state index is 11.1. The molecule has 1 saturated heterocycles. The van der Waals surface area contributed by atoms with E-state index >= 15 is 0 Å². The lowest BCUT2D eigenvalue weighted by molar-refractivity contribution is 0.154. The molecule has 2 rings (SSSR count). The summed E-state index contributed by atoms with van der Waals surface area (Å²) >= 11 is 0. The van der Waals surface area contributed by atoms with E-state index in [1.165, 1.54) is 30.3 Å². The average Bonchev–Trinajstić information content (AvgIpc) is 3.17. The van der Waals surface area contributed by atoms with Crippen LogP contribution in [0.5, 0.6) is 0 Å². The predicted molar refractivity (Wildman–Crippen MR) is 111 cm³/mol. The third kappa shape index (κ3) is 7.76. The number of aliphatic imine (C=N–C) groups is 1. The second kappa shape index (κ2) is 10.5. The Kier molecular flexibility index (Phi) is 8.37. The van der Waals surface area contributed by atoms with Crippen LogP contribution in [0, 0.1) is 0 Å². The minimum atomic E-state index is -2.97. The van der Waals surface area contributed by atoms with Crippen molar-refractivity contribution in [2.45, 2.75) is 25.8 Å². The van der Waals surface area contributed by atoms with Crippen LogP contribution in [0.25, 0.3) is 0 Å². The lowest BCUT2D eigenvalue weighted by Crippen LogP contribution is -2.40. The molecular formula is C19H32N4O3S. The normalized spacial score (nSPS) is 16.4. The number of nitrogens with one attached hydrogen (secondary N) is 2. The van der Waals surface area contributed by atoms with E-state index in [0.29, 0.717) is 19.1 Å². The van der Waals surface area contributed by atoms with E-state index in [9.17, 15) is 8.42 Å². The summed E-state index contributed by atoms with van der Waals surface area (Å²) < 4.78 is 27.4. The number of guanidine groups is 1. The average molecular weight is 397 g/mol. The molecule has 0 spiro atoms. The fourth-order valence-corrected chi connectivity index (χ4v) is 3.42. The molecule has 1 unspecified atom stereocenters. The van der Waals surface area contributed by atoms with Crippen LogP contribution in [0.4, 0.5) is 5.69 Å². The summed E-state index contributed by atoms with van der Waals surface area (Å²) in [5, 5.41) is 6.58. The zero-order valence-electron chi connectivity index (χ0n) is 16.6. The molecule has 0 aliphatic carbocycles. The summed E-state index contributed by atoms with van der Waals surface area (Å²) in [6, 6.07) is 8.75. The molecule has 1 atom stereocenters. The number of nitrogens with zero attached hydrogens (tertiary/aromatic N) is 2. The van der Waals surface area contributed by atoms with Crippen molar-refractivity contribution in [3.63, 3.8) is 0 Å². The van der Waals surface area contributed by atoms with Gasteiger partial charge in [0.05, 0.1) is 25.0 Å². The molecule has 2 N–H and O–H groups in total. The summed E-state index contributed by atoms with van der Waals surface area (Å²) in [6.45, 7) is 5.57. The van der Waals surface area contributed by atoms with Crippen molar-refractivity contribution in [2.24, 2.45) is 4.99 Å². The number of sulfone groups is 1. The molecule has 7 nitrogen and oxygen atoms in total. The third-order valence-corrected chi connectivity index (χ3v) is 5.46. The van der Waals surface area contributed by atoms with E-state index < -0.39 is 9.84 Å². The first-order valence-corrected chi connectivity index (χ1v) is 11.5. The summed E-state index contributed by atoms with van der Waals surface area (Å²) in [5.41, 5.74) is 2.49. The topological polar surface area (TPSA) is 83.0 Å². The van der Waals surface area contributed by atoms with Crippen molar-refractivity contribution in [2.75, 3.05) is 56.8 Å². The van der Waals surface area contributed by atoms with Crippen molar-refractivity contribution in [1.29, 1.82) is 0 Å². The van der Waals surface area contributed by atoms with Crippen molar-refractivity contribution in [1.82, 2.24) is 10.6 Å². The van der Waals surface area contributed by atoms with Gasteiger partial charge in [-0.25, -0.2) is 8.42 Å². The third-order valence-electron chi connectivity index (χ3n) is 4.56. The first-order chi connectivity index (χ1) is 12.9. The van der Waals surface area contributed by atoms with Crippen LogP contribution in [0.3, 0.4) is 0 Å². The molecule has 27 heavy (non-hydrogen) atoms. The molecule has 1 aromatic rings. The minimum Gasteiger partial charge on any atom is -0.379 e. The van der Waals surface area contributed by atoms with Crippen LogP contribution >= 0.6 is 0 Å². The lowest BCUT2D eigenvalue weighted by atomic mass is 10.1. The second-order valence-electron chi connectivity index (χ2n) is 6.90. The summed E-state index contributed by atoms with van der Waals surface area (Å²) in [7, 11) is -1.24. The quantitative estimate of drug-likeness (QED) is 0.375. The van der Waals surface area contributed by atoms with Crippen LogP contribution in [-0.2, 0) is 14.6 Å². The van der Waals surface area contributed by atoms with Crippen molar-refractivity contribution >= 4 is 21.5 Å². The van der Waals surface area contributed by atoms with Gasteiger partial charge in [-0.2, -0.15) is 0 Å². The summed E-state index contributed by atoms with van der Waals surface area (Å²) in [4.78, 5) is 6.67. The van der Waals surface area contributed by atoms with E-state index in [4.69, 9.17) is 4.74 Å². The van der Waals surface area contributed by atoms with E-state index in [2.05, 4.69) is 51.7 Å². The van der Waals surface area contributed by atoms with Gasteiger partial charge in [-0.05, 0) is 37.5 Å². The largest absolute Gasteiger partial charge is 0.379 e. The molecule has 1 fully saturated rings. The molecule has 0 amide bonds. The highest BCUT2D eigenvalue weighted by Gasteiger charge is 2.14. The van der Waals surface area contributed by atoms with Crippen LogP contribution in [0.15, 0.2) is 29.3 Å². The highest BCUT2D eigenvalue weighted by atomic mass is 32.2. The Morgan fingerprint density at radius 2 is 2.04 bits per heavy atom. The maximum Gasteiger partial charge on any atom is 0.191 e. The number of benzene rings is 1. The fraction of sp³-hybridized carbons (Fsp3) is 0.632. The molecule has 1 aliphatic rings. The van der Waals surface area contributed by atoms with Gasteiger partial charge in [0, 0.05) is 38.6 Å². The Balaban J connectivity index is 1.77. The highest BCUT2D eigenvalue weighted by molar-refractivity contribution is 7.90. The van der Waals surface area contributed by atoms with Crippen molar-refractivity contribution < 1.29 is 13.2 Å². The monoisotopic (exact) mass is 396 g/mol. The number of anilines is 1. The highest BCUT2D eigenvalue weighted by Crippen LogP contribution is 2.23. The molecule has 152 valence electrons. The number of ether oxygens (including phenoxy) is 1. The summed E-state index contributed by atoms with van der Waals surface area (Å²) in [5.74, 6) is 0.741. The zero-order valence-corrected chi connectivity index (χ0v) is 17.4. The standard InChI is InChI=1S/C19H32N4O3S/c1-16(17-7-6-8-18(15-17)23-10-4-5-11-23)22-19(20-2)21-9-12-26-13-14-27(3,24)25/h6-8,15-16H,4-5,9-14H2,1-3H3,(H2,20,21,22).